The van der Waals surface area contributed by atoms with Crippen molar-refractivity contribution in [1.29, 1.82) is 0 Å². The predicted molar refractivity (Wildman–Crippen MR) is 102 cm³/mol. The minimum absolute atomic E-state index is 0.0890. The van der Waals surface area contributed by atoms with Crippen LogP contribution in [-0.4, -0.2) is 28.5 Å². The van der Waals surface area contributed by atoms with Crippen LogP contribution in [0.15, 0.2) is 54.6 Å². The van der Waals surface area contributed by atoms with Crippen molar-refractivity contribution in [3.05, 3.63) is 71.7 Å². The first-order valence-electron chi connectivity index (χ1n) is 9.18. The molecule has 0 spiro atoms. The summed E-state index contributed by atoms with van der Waals surface area (Å²) < 4.78 is 15.6. The minimum Gasteiger partial charge on any atom is -0.347 e. The number of aromatic nitrogens is 1. The number of piperidine rings is 1. The lowest BCUT2D eigenvalue weighted by molar-refractivity contribution is -0.131. The summed E-state index contributed by atoms with van der Waals surface area (Å²) in [5, 5.41) is 1.27. The highest BCUT2D eigenvalue weighted by atomic mass is 19.1. The standard InChI is InChI=1S/C22H23FN2O/c1-24-20-8-3-2-6-18(20)15-21(24)17-9-11-25(12-10-17)22(26)14-16-5-4-7-19(23)13-16/h2-8,13,15,17H,9-12,14H2,1H3. The number of aryl methyl sites for hydroxylation is 1. The molecular weight excluding hydrogens is 327 g/mol. The van der Waals surface area contributed by atoms with Gasteiger partial charge in [0.1, 0.15) is 5.82 Å². The largest absolute Gasteiger partial charge is 0.347 e. The molecule has 0 unspecified atom stereocenters. The summed E-state index contributed by atoms with van der Waals surface area (Å²) in [6.45, 7) is 1.53. The highest BCUT2D eigenvalue weighted by Gasteiger charge is 2.25. The van der Waals surface area contributed by atoms with E-state index in [2.05, 4.69) is 41.9 Å². The molecule has 0 aliphatic carbocycles. The van der Waals surface area contributed by atoms with E-state index in [1.54, 1.807) is 6.07 Å². The maximum atomic E-state index is 13.3. The monoisotopic (exact) mass is 350 g/mol. The lowest BCUT2D eigenvalue weighted by atomic mass is 9.93. The summed E-state index contributed by atoms with van der Waals surface area (Å²) in [5.41, 5.74) is 3.35. The molecule has 26 heavy (non-hydrogen) atoms. The summed E-state index contributed by atoms with van der Waals surface area (Å²) in [5.74, 6) is 0.279. The van der Waals surface area contributed by atoms with Crippen LogP contribution in [0.25, 0.3) is 10.9 Å². The molecule has 2 aromatic carbocycles. The van der Waals surface area contributed by atoms with Crippen LogP contribution in [0.5, 0.6) is 0 Å². The van der Waals surface area contributed by atoms with E-state index in [1.807, 2.05) is 11.0 Å². The van der Waals surface area contributed by atoms with Crippen LogP contribution in [0.1, 0.15) is 30.0 Å². The summed E-state index contributed by atoms with van der Waals surface area (Å²) in [4.78, 5) is 14.4. The van der Waals surface area contributed by atoms with E-state index in [1.165, 1.54) is 28.7 Å². The van der Waals surface area contributed by atoms with Crippen molar-refractivity contribution in [2.75, 3.05) is 13.1 Å². The SMILES string of the molecule is Cn1c(C2CCN(C(=O)Cc3cccc(F)c3)CC2)cc2ccccc21. The maximum absolute atomic E-state index is 13.3. The maximum Gasteiger partial charge on any atom is 0.226 e. The van der Waals surface area contributed by atoms with Crippen LogP contribution in [0.3, 0.4) is 0 Å². The molecule has 4 rings (SSSR count). The molecule has 0 N–H and O–H groups in total. The lowest BCUT2D eigenvalue weighted by Gasteiger charge is -2.32. The molecule has 1 amide bonds. The van der Waals surface area contributed by atoms with Crippen molar-refractivity contribution < 1.29 is 9.18 Å². The van der Waals surface area contributed by atoms with E-state index in [0.717, 1.165) is 31.5 Å². The van der Waals surface area contributed by atoms with Gasteiger partial charge in [0.25, 0.3) is 0 Å². The quantitative estimate of drug-likeness (QED) is 0.693. The highest BCUT2D eigenvalue weighted by molar-refractivity contribution is 5.81. The van der Waals surface area contributed by atoms with Gasteiger partial charge in [0.15, 0.2) is 0 Å². The number of halogens is 1. The summed E-state index contributed by atoms with van der Waals surface area (Å²) in [6.07, 6.45) is 2.22. The van der Waals surface area contributed by atoms with Gasteiger partial charge in [-0.15, -0.1) is 0 Å². The zero-order chi connectivity index (χ0) is 18.1. The Morgan fingerprint density at radius 3 is 2.58 bits per heavy atom. The Kier molecular flexibility index (Phi) is 4.49. The van der Waals surface area contributed by atoms with Crippen molar-refractivity contribution in [2.24, 2.45) is 7.05 Å². The molecular formula is C22H23FN2O. The Hall–Kier alpha value is -2.62. The van der Waals surface area contributed by atoms with Gasteiger partial charge in [-0.3, -0.25) is 4.79 Å². The number of rotatable bonds is 3. The molecule has 1 saturated heterocycles. The first-order valence-corrected chi connectivity index (χ1v) is 9.18. The van der Waals surface area contributed by atoms with Gasteiger partial charge < -0.3 is 9.47 Å². The third-order valence-electron chi connectivity index (χ3n) is 5.50. The fourth-order valence-corrected chi connectivity index (χ4v) is 4.06. The molecule has 0 saturated carbocycles. The molecule has 3 aromatic rings. The van der Waals surface area contributed by atoms with E-state index < -0.39 is 0 Å². The van der Waals surface area contributed by atoms with Gasteiger partial charge in [-0.1, -0.05) is 30.3 Å². The summed E-state index contributed by atoms with van der Waals surface area (Å²) in [6, 6.07) is 17.0. The topological polar surface area (TPSA) is 25.2 Å². The number of carbonyl (C=O) groups is 1. The smallest absolute Gasteiger partial charge is 0.226 e. The molecule has 1 fully saturated rings. The molecule has 0 bridgehead atoms. The second-order valence-corrected chi connectivity index (χ2v) is 7.15. The highest BCUT2D eigenvalue weighted by Crippen LogP contribution is 2.32. The molecule has 0 atom stereocenters. The Bertz CT molecular complexity index is 938. The fraction of sp³-hybridized carbons (Fsp3) is 0.318. The fourth-order valence-electron chi connectivity index (χ4n) is 4.06. The van der Waals surface area contributed by atoms with Crippen LogP contribution >= 0.6 is 0 Å². The number of benzene rings is 2. The average Bonchev–Trinajstić information content (AvgIpc) is 2.99. The second kappa shape index (κ2) is 6.94. The normalized spacial score (nSPS) is 15.5. The van der Waals surface area contributed by atoms with Crippen LogP contribution in [0.4, 0.5) is 4.39 Å². The van der Waals surface area contributed by atoms with Gasteiger partial charge >= 0.3 is 0 Å². The van der Waals surface area contributed by atoms with E-state index in [9.17, 15) is 9.18 Å². The number of hydrogen-bond donors (Lipinski definition) is 0. The number of hydrogen-bond acceptors (Lipinski definition) is 1. The van der Waals surface area contributed by atoms with E-state index in [-0.39, 0.29) is 18.1 Å². The van der Waals surface area contributed by atoms with Crippen LogP contribution in [0, 0.1) is 5.82 Å². The number of para-hydroxylation sites is 1. The molecule has 1 aromatic heterocycles. The molecule has 1 aliphatic rings. The van der Waals surface area contributed by atoms with E-state index in [0.29, 0.717) is 5.92 Å². The van der Waals surface area contributed by atoms with Crippen molar-refractivity contribution in [2.45, 2.75) is 25.2 Å². The third-order valence-corrected chi connectivity index (χ3v) is 5.50. The molecule has 3 nitrogen and oxygen atoms in total. The van der Waals surface area contributed by atoms with Crippen molar-refractivity contribution in [3.8, 4) is 0 Å². The van der Waals surface area contributed by atoms with Crippen LogP contribution < -0.4 is 0 Å². The van der Waals surface area contributed by atoms with Crippen molar-refractivity contribution in [1.82, 2.24) is 9.47 Å². The Morgan fingerprint density at radius 2 is 1.85 bits per heavy atom. The van der Waals surface area contributed by atoms with Gasteiger partial charge in [0, 0.05) is 37.3 Å². The third kappa shape index (κ3) is 3.24. The molecule has 0 radical (unpaired) electrons. The number of amides is 1. The number of fused-ring (bicyclic) bond motifs is 1. The Morgan fingerprint density at radius 1 is 1.08 bits per heavy atom. The Balaban J connectivity index is 1.42. The first-order chi connectivity index (χ1) is 12.6. The van der Waals surface area contributed by atoms with E-state index >= 15 is 0 Å². The molecule has 1 aliphatic heterocycles. The summed E-state index contributed by atoms with van der Waals surface area (Å²) in [7, 11) is 2.12. The van der Waals surface area contributed by atoms with Crippen molar-refractivity contribution in [3.63, 3.8) is 0 Å². The first kappa shape index (κ1) is 16.8. The van der Waals surface area contributed by atoms with Gasteiger partial charge in [0.2, 0.25) is 5.91 Å². The molecule has 4 heteroatoms. The van der Waals surface area contributed by atoms with Gasteiger partial charge in [0.05, 0.1) is 6.42 Å². The number of carbonyl (C=O) groups excluding carboxylic acids is 1. The van der Waals surface area contributed by atoms with Gasteiger partial charge in [-0.25, -0.2) is 4.39 Å². The zero-order valence-corrected chi connectivity index (χ0v) is 15.0. The zero-order valence-electron chi connectivity index (χ0n) is 15.0. The lowest BCUT2D eigenvalue weighted by Crippen LogP contribution is -2.39. The Labute approximate surface area is 153 Å². The average molecular weight is 350 g/mol. The number of nitrogens with zero attached hydrogens (tertiary/aromatic N) is 2. The number of likely N-dealkylation sites (tertiary alicyclic amines) is 1. The molecule has 134 valence electrons. The van der Waals surface area contributed by atoms with Gasteiger partial charge in [-0.2, -0.15) is 0 Å². The second-order valence-electron chi connectivity index (χ2n) is 7.15. The summed E-state index contributed by atoms with van der Waals surface area (Å²) >= 11 is 0. The van der Waals surface area contributed by atoms with Gasteiger partial charge in [-0.05, 0) is 48.1 Å². The molecule has 2 heterocycles. The van der Waals surface area contributed by atoms with Crippen LogP contribution in [-0.2, 0) is 18.3 Å². The predicted octanol–water partition coefficient (Wildman–Crippen LogP) is 4.27. The minimum atomic E-state index is -0.287. The van der Waals surface area contributed by atoms with Crippen LogP contribution in [0.2, 0.25) is 0 Å². The van der Waals surface area contributed by atoms with E-state index in [4.69, 9.17) is 0 Å². The van der Waals surface area contributed by atoms with Crippen molar-refractivity contribution >= 4 is 16.8 Å².